The van der Waals surface area contributed by atoms with Gasteiger partial charge >= 0.3 is 0 Å². The van der Waals surface area contributed by atoms with Crippen LogP contribution in [0.3, 0.4) is 0 Å². The van der Waals surface area contributed by atoms with Crippen molar-refractivity contribution < 1.29 is 9.59 Å². The summed E-state index contributed by atoms with van der Waals surface area (Å²) in [6.07, 6.45) is 0. The topological polar surface area (TPSA) is 113 Å². The number of anilines is 2. The zero-order valence-electron chi connectivity index (χ0n) is 10.6. The summed E-state index contributed by atoms with van der Waals surface area (Å²) in [6.45, 7) is 1.79. The van der Waals surface area contributed by atoms with E-state index in [1.807, 2.05) is 11.4 Å². The number of hydrogen-bond donors (Lipinski definition) is 3. The van der Waals surface area contributed by atoms with E-state index in [1.165, 1.54) is 11.3 Å². The normalized spacial score (nSPS) is 19.3. The molecule has 0 radical (unpaired) electrons. The van der Waals surface area contributed by atoms with Gasteiger partial charge in [0.1, 0.15) is 16.7 Å². The molecule has 1 unspecified atom stereocenters. The lowest BCUT2D eigenvalue weighted by Crippen LogP contribution is -2.57. The highest BCUT2D eigenvalue weighted by molar-refractivity contribution is 7.16. The minimum atomic E-state index is -0.490. The summed E-state index contributed by atoms with van der Waals surface area (Å²) in [4.78, 5) is 34.3. The Morgan fingerprint density at radius 1 is 1.50 bits per heavy atom. The third-order valence-electron chi connectivity index (χ3n) is 3.13. The fourth-order valence-electron chi connectivity index (χ4n) is 2.10. The van der Waals surface area contributed by atoms with Crippen LogP contribution in [0, 0.1) is 0 Å². The standard InChI is InChI=1S/C11H12N6O2S/c1-5-9(19)13-7(18)4-17(5)8-6-2-3-20-10(6)15-11(14-8)16-12/h2-3,5H,4,12H2,1H3,(H,13,18,19)(H,14,15,16). The van der Waals surface area contributed by atoms with Crippen LogP contribution >= 0.6 is 11.3 Å². The molecule has 3 heterocycles. The molecule has 9 heteroatoms. The molecule has 1 saturated heterocycles. The number of hydrogen-bond acceptors (Lipinski definition) is 8. The van der Waals surface area contributed by atoms with Crippen molar-refractivity contribution in [1.82, 2.24) is 15.3 Å². The summed E-state index contributed by atoms with van der Waals surface area (Å²) in [5.74, 6) is 5.45. The van der Waals surface area contributed by atoms with Gasteiger partial charge in [-0.2, -0.15) is 4.98 Å². The average molecular weight is 292 g/mol. The number of aromatic nitrogens is 2. The Labute approximate surface area is 118 Å². The van der Waals surface area contributed by atoms with Gasteiger partial charge in [0.05, 0.1) is 11.9 Å². The first-order chi connectivity index (χ1) is 9.60. The number of fused-ring (bicyclic) bond motifs is 1. The van der Waals surface area contributed by atoms with Crippen molar-refractivity contribution >= 4 is 45.1 Å². The first-order valence-corrected chi connectivity index (χ1v) is 6.80. The van der Waals surface area contributed by atoms with Crippen LogP contribution in [0.1, 0.15) is 6.92 Å². The minimum absolute atomic E-state index is 0.0683. The van der Waals surface area contributed by atoms with Crippen LogP contribution < -0.4 is 21.5 Å². The van der Waals surface area contributed by atoms with Crippen LogP contribution in [0.5, 0.6) is 0 Å². The Morgan fingerprint density at radius 2 is 2.30 bits per heavy atom. The molecule has 20 heavy (non-hydrogen) atoms. The van der Waals surface area contributed by atoms with Crippen LogP contribution in [0.15, 0.2) is 11.4 Å². The quantitative estimate of drug-likeness (QED) is 0.400. The second-order valence-electron chi connectivity index (χ2n) is 4.37. The molecule has 1 aliphatic heterocycles. The number of imide groups is 1. The Morgan fingerprint density at radius 3 is 3.05 bits per heavy atom. The molecule has 0 aromatic carbocycles. The molecule has 0 bridgehead atoms. The van der Waals surface area contributed by atoms with E-state index in [-0.39, 0.29) is 24.3 Å². The van der Waals surface area contributed by atoms with E-state index in [9.17, 15) is 9.59 Å². The van der Waals surface area contributed by atoms with Gasteiger partial charge in [0.2, 0.25) is 17.8 Å². The summed E-state index contributed by atoms with van der Waals surface area (Å²) in [7, 11) is 0. The van der Waals surface area contributed by atoms with E-state index in [0.29, 0.717) is 5.82 Å². The Balaban J connectivity index is 2.14. The maximum Gasteiger partial charge on any atom is 0.249 e. The van der Waals surface area contributed by atoms with E-state index in [0.717, 1.165) is 10.2 Å². The Bertz CT molecular complexity index is 699. The smallest absolute Gasteiger partial charge is 0.249 e. The van der Waals surface area contributed by atoms with E-state index < -0.39 is 6.04 Å². The van der Waals surface area contributed by atoms with E-state index in [1.54, 1.807) is 11.8 Å². The van der Waals surface area contributed by atoms with Crippen LogP contribution in [0.4, 0.5) is 11.8 Å². The number of carbonyl (C=O) groups excluding carboxylic acids is 2. The van der Waals surface area contributed by atoms with E-state index >= 15 is 0 Å². The third kappa shape index (κ3) is 1.96. The molecule has 0 saturated carbocycles. The number of nitrogens with one attached hydrogen (secondary N) is 2. The van der Waals surface area contributed by atoms with Gasteiger partial charge in [-0.1, -0.05) is 0 Å². The Kier molecular flexibility index (Phi) is 2.99. The molecular formula is C11H12N6O2S. The zero-order chi connectivity index (χ0) is 14.3. The highest BCUT2D eigenvalue weighted by atomic mass is 32.1. The first kappa shape index (κ1) is 12.8. The van der Waals surface area contributed by atoms with Gasteiger partial charge in [0.25, 0.3) is 0 Å². The van der Waals surface area contributed by atoms with Gasteiger partial charge in [-0.3, -0.25) is 20.3 Å². The third-order valence-corrected chi connectivity index (χ3v) is 3.94. The summed E-state index contributed by atoms with van der Waals surface area (Å²) in [5, 5.41) is 4.97. The largest absolute Gasteiger partial charge is 0.335 e. The molecule has 3 rings (SSSR count). The number of nitrogens with two attached hydrogens (primary N) is 1. The highest BCUT2D eigenvalue weighted by Gasteiger charge is 2.32. The number of rotatable bonds is 2. The summed E-state index contributed by atoms with van der Waals surface area (Å²) < 4.78 is 0. The molecule has 2 aromatic heterocycles. The molecule has 1 atom stereocenters. The number of amides is 2. The first-order valence-electron chi connectivity index (χ1n) is 5.92. The second-order valence-corrected chi connectivity index (χ2v) is 5.27. The molecule has 104 valence electrons. The molecule has 4 N–H and O–H groups in total. The molecular weight excluding hydrogens is 280 g/mol. The molecule has 8 nitrogen and oxygen atoms in total. The summed E-state index contributed by atoms with van der Waals surface area (Å²) in [5.41, 5.74) is 2.40. The van der Waals surface area contributed by atoms with Crippen LogP contribution in [0.25, 0.3) is 10.2 Å². The molecule has 2 amide bonds. The minimum Gasteiger partial charge on any atom is -0.335 e. The molecule has 0 aliphatic carbocycles. The number of nitrogens with zero attached hydrogens (tertiary/aromatic N) is 3. The van der Waals surface area contributed by atoms with Gasteiger partial charge in [0, 0.05) is 0 Å². The fraction of sp³-hybridized carbons (Fsp3) is 0.273. The lowest BCUT2D eigenvalue weighted by atomic mass is 10.2. The number of thiophene rings is 1. The lowest BCUT2D eigenvalue weighted by Gasteiger charge is -2.32. The van der Waals surface area contributed by atoms with Crippen molar-refractivity contribution in [1.29, 1.82) is 0 Å². The zero-order valence-corrected chi connectivity index (χ0v) is 11.4. The SMILES string of the molecule is CC1C(=O)NC(=O)CN1c1nc(NN)nc2sccc12. The average Bonchev–Trinajstić information content (AvgIpc) is 2.90. The summed E-state index contributed by atoms with van der Waals surface area (Å²) >= 11 is 1.44. The Hall–Kier alpha value is -2.26. The monoisotopic (exact) mass is 292 g/mol. The second kappa shape index (κ2) is 4.69. The number of carbonyl (C=O) groups is 2. The highest BCUT2D eigenvalue weighted by Crippen LogP contribution is 2.30. The van der Waals surface area contributed by atoms with Crippen molar-refractivity contribution in [2.45, 2.75) is 13.0 Å². The van der Waals surface area contributed by atoms with Gasteiger partial charge in [-0.15, -0.1) is 11.3 Å². The van der Waals surface area contributed by atoms with Crippen molar-refractivity contribution in [3.05, 3.63) is 11.4 Å². The van der Waals surface area contributed by atoms with E-state index in [2.05, 4.69) is 20.7 Å². The molecule has 0 spiro atoms. The maximum atomic E-state index is 11.8. The van der Waals surface area contributed by atoms with Gasteiger partial charge in [-0.05, 0) is 18.4 Å². The predicted molar refractivity (Wildman–Crippen MR) is 75.2 cm³/mol. The van der Waals surface area contributed by atoms with Gasteiger partial charge < -0.3 is 4.90 Å². The number of piperazine rings is 1. The molecule has 1 fully saturated rings. The molecule has 2 aromatic rings. The maximum absolute atomic E-state index is 11.8. The van der Waals surface area contributed by atoms with Gasteiger partial charge in [0.15, 0.2) is 0 Å². The van der Waals surface area contributed by atoms with E-state index in [4.69, 9.17) is 5.84 Å². The van der Waals surface area contributed by atoms with Crippen molar-refractivity contribution in [2.24, 2.45) is 5.84 Å². The number of nitrogen functional groups attached to an aromatic ring is 1. The van der Waals surface area contributed by atoms with Crippen LogP contribution in [-0.4, -0.2) is 34.4 Å². The van der Waals surface area contributed by atoms with Crippen LogP contribution in [0.2, 0.25) is 0 Å². The van der Waals surface area contributed by atoms with Gasteiger partial charge in [-0.25, -0.2) is 10.8 Å². The fourth-order valence-corrected chi connectivity index (χ4v) is 2.85. The van der Waals surface area contributed by atoms with Crippen molar-refractivity contribution in [3.8, 4) is 0 Å². The van der Waals surface area contributed by atoms with Crippen molar-refractivity contribution in [3.63, 3.8) is 0 Å². The summed E-state index contributed by atoms with van der Waals surface area (Å²) in [6, 6.07) is 1.37. The lowest BCUT2D eigenvalue weighted by molar-refractivity contribution is -0.132. The predicted octanol–water partition coefficient (Wildman–Crippen LogP) is -0.172. The van der Waals surface area contributed by atoms with Crippen LogP contribution in [-0.2, 0) is 9.59 Å². The molecule has 1 aliphatic rings. The number of hydrazine groups is 1. The van der Waals surface area contributed by atoms with Crippen molar-refractivity contribution in [2.75, 3.05) is 16.9 Å².